The number of fused-ring (bicyclic) bond motifs is 1. The van der Waals surface area contributed by atoms with E-state index in [1.807, 2.05) is 54.6 Å². The number of aromatic nitrogens is 1. The number of aryl methyl sites for hydroxylation is 2. The molecule has 4 aliphatic rings. The average Bonchev–Trinajstić information content (AvgIpc) is 3.25. The number of benzene rings is 3. The molecule has 12 nitrogen and oxygen atoms in total. The van der Waals surface area contributed by atoms with Gasteiger partial charge in [0, 0.05) is 64.7 Å². The maximum Gasteiger partial charge on any atom is 0.267 e. The Morgan fingerprint density at radius 2 is 1.38 bits per heavy atom. The molecule has 3 aromatic carbocycles. The number of pyridine rings is 1. The van der Waals surface area contributed by atoms with Crippen molar-refractivity contribution in [3.63, 3.8) is 0 Å². The molecule has 310 valence electrons. The summed E-state index contributed by atoms with van der Waals surface area (Å²) in [4.78, 5) is 43.2. The van der Waals surface area contributed by atoms with Crippen molar-refractivity contribution in [2.24, 2.45) is 11.7 Å². The topological polar surface area (TPSA) is 151 Å². The first kappa shape index (κ1) is 43.4. The summed E-state index contributed by atoms with van der Waals surface area (Å²) in [7, 11) is 3.16. The lowest BCUT2D eigenvalue weighted by Crippen LogP contribution is -2.49. The number of piperazine rings is 1. The third kappa shape index (κ3) is 13.2. The quantitative estimate of drug-likeness (QED) is 0.186. The first-order valence-corrected chi connectivity index (χ1v) is 20.2. The molecule has 13 heteroatoms. The molecule has 0 spiro atoms. The molecular weight excluding hydrogens is 740 g/mol. The minimum absolute atomic E-state index is 0.138. The van der Waals surface area contributed by atoms with E-state index < -0.39 is 5.91 Å². The summed E-state index contributed by atoms with van der Waals surface area (Å²) in [6.07, 6.45) is 8.72. The highest BCUT2D eigenvalue weighted by atomic mass is 19.1. The van der Waals surface area contributed by atoms with Crippen LogP contribution in [0.5, 0.6) is 17.4 Å². The van der Waals surface area contributed by atoms with Gasteiger partial charge in [0.2, 0.25) is 17.7 Å². The number of ether oxygens (including phenoxy) is 2. The number of phenols is 1. The minimum Gasteiger partial charge on any atom is -0.508 e. The third-order valence-electron chi connectivity index (χ3n) is 10.7. The van der Waals surface area contributed by atoms with Crippen LogP contribution >= 0.6 is 0 Å². The minimum atomic E-state index is -0.565. The van der Waals surface area contributed by atoms with Crippen molar-refractivity contribution in [2.45, 2.75) is 57.8 Å². The van der Waals surface area contributed by atoms with Crippen molar-refractivity contribution < 1.29 is 33.4 Å². The molecule has 0 radical (unpaired) electrons. The van der Waals surface area contributed by atoms with Crippen molar-refractivity contribution in [2.75, 3.05) is 69.8 Å². The molecule has 8 rings (SSSR count). The summed E-state index contributed by atoms with van der Waals surface area (Å²) in [5, 5.41) is 11.4. The Labute approximate surface area is 341 Å². The van der Waals surface area contributed by atoms with Gasteiger partial charge < -0.3 is 30.1 Å². The van der Waals surface area contributed by atoms with Crippen LogP contribution in [-0.2, 0) is 22.4 Å². The molecule has 3 fully saturated rings. The molecule has 4 N–H and O–H groups in total. The Morgan fingerprint density at radius 1 is 0.759 bits per heavy atom. The second-order valence-corrected chi connectivity index (χ2v) is 14.8. The van der Waals surface area contributed by atoms with Gasteiger partial charge in [0.1, 0.15) is 23.0 Å². The molecule has 4 heterocycles. The number of rotatable bonds is 7. The highest BCUT2D eigenvalue weighted by Crippen LogP contribution is 2.31. The number of imide groups is 1. The summed E-state index contributed by atoms with van der Waals surface area (Å²) >= 11 is 0. The smallest absolute Gasteiger partial charge is 0.267 e. The number of carbonyl (C=O) groups excluding carboxylic acids is 3. The van der Waals surface area contributed by atoms with Crippen LogP contribution in [0.1, 0.15) is 66.6 Å². The molecule has 0 atom stereocenters. The zero-order chi connectivity index (χ0) is 41.3. The number of anilines is 2. The van der Waals surface area contributed by atoms with Gasteiger partial charge in [0.25, 0.3) is 5.91 Å². The Morgan fingerprint density at radius 3 is 1.95 bits per heavy atom. The predicted octanol–water partition coefficient (Wildman–Crippen LogP) is 6.15. The number of methoxy groups -OCH3 is 2. The molecule has 3 aliphatic heterocycles. The number of phenolic OH excluding ortho intramolecular Hbond substituents is 1. The maximum absolute atomic E-state index is 14.3. The van der Waals surface area contributed by atoms with Crippen molar-refractivity contribution >= 4 is 29.1 Å². The second kappa shape index (κ2) is 22.3. The molecule has 3 saturated heterocycles. The van der Waals surface area contributed by atoms with Crippen molar-refractivity contribution in [3.05, 3.63) is 108 Å². The summed E-state index contributed by atoms with van der Waals surface area (Å²) in [6, 6.07) is 26.1. The summed E-state index contributed by atoms with van der Waals surface area (Å²) in [6.45, 7) is 6.38. The zero-order valence-corrected chi connectivity index (χ0v) is 33.7. The number of piperidine rings is 2. The molecule has 0 unspecified atom stereocenters. The van der Waals surface area contributed by atoms with E-state index in [2.05, 4.69) is 25.0 Å². The van der Waals surface area contributed by atoms with E-state index >= 15 is 0 Å². The predicted molar refractivity (Wildman–Crippen MR) is 224 cm³/mol. The van der Waals surface area contributed by atoms with E-state index in [1.54, 1.807) is 38.5 Å². The first-order valence-electron chi connectivity index (χ1n) is 20.2. The molecule has 3 amide bonds. The lowest BCUT2D eigenvalue weighted by Gasteiger charge is -2.40. The molecule has 0 saturated carbocycles. The lowest BCUT2D eigenvalue weighted by molar-refractivity contribution is -0.132. The number of amides is 3. The van der Waals surface area contributed by atoms with Crippen LogP contribution in [-0.4, -0.2) is 92.7 Å². The number of primary amides is 1. The van der Waals surface area contributed by atoms with E-state index in [9.17, 15) is 23.9 Å². The third-order valence-corrected chi connectivity index (χ3v) is 10.7. The van der Waals surface area contributed by atoms with Gasteiger partial charge in [-0.1, -0.05) is 42.5 Å². The van der Waals surface area contributed by atoms with Crippen LogP contribution in [0.4, 0.5) is 15.8 Å². The number of halogens is 1. The lowest BCUT2D eigenvalue weighted by atomic mass is 9.92. The molecule has 58 heavy (non-hydrogen) atoms. The Kier molecular flexibility index (Phi) is 16.7. The Balaban J connectivity index is 0.000000204. The average molecular weight is 797 g/mol. The standard InChI is InChI=1S/C24H32FN5O3.C10H12O.C6H6.C5H7NO2/c1-32-18-3-4-19(25)22(15-18)29-9-7-17(8-10-29)16-28-11-13-30(14-12-28)21-6-5-20(23(26)31)27-24(21)33-2;11-10-6-5-8-3-1-2-4-9(8)7-10;1-2-4-6-5-3-1;7-4-2-1-3-5(8)6-4/h3-6,15,17H,7-14,16H2,1-2H3,(H2,26,31);5-7,11H,1-4H2;1-6H;1-3H2,(H,6,7,8). The molecule has 0 bridgehead atoms. The zero-order valence-electron chi connectivity index (χ0n) is 33.7. The summed E-state index contributed by atoms with van der Waals surface area (Å²) < 4.78 is 25.0. The van der Waals surface area contributed by atoms with Gasteiger partial charge in [-0.05, 0) is 98.4 Å². The number of nitrogens with zero attached hydrogens (tertiary/aromatic N) is 4. The maximum atomic E-state index is 14.3. The van der Waals surface area contributed by atoms with Gasteiger partial charge in [-0.2, -0.15) is 0 Å². The normalized spacial score (nSPS) is 16.8. The van der Waals surface area contributed by atoms with Gasteiger partial charge in [-0.25, -0.2) is 9.37 Å². The number of hydrogen-bond donors (Lipinski definition) is 3. The highest BCUT2D eigenvalue weighted by Gasteiger charge is 2.26. The first-order chi connectivity index (χ1) is 28.1. The highest BCUT2D eigenvalue weighted by molar-refractivity contribution is 5.97. The van der Waals surface area contributed by atoms with Crippen LogP contribution < -0.4 is 30.3 Å². The number of aromatic hydroxyl groups is 1. The van der Waals surface area contributed by atoms with Crippen LogP contribution in [0.2, 0.25) is 0 Å². The van der Waals surface area contributed by atoms with E-state index in [-0.39, 0.29) is 23.3 Å². The van der Waals surface area contributed by atoms with Gasteiger partial charge in [-0.15, -0.1) is 0 Å². The summed E-state index contributed by atoms with van der Waals surface area (Å²) in [5.41, 5.74) is 9.82. The molecule has 4 aromatic rings. The van der Waals surface area contributed by atoms with Crippen molar-refractivity contribution in [1.82, 2.24) is 15.2 Å². The fraction of sp³-hybridized carbons (Fsp3) is 0.422. The largest absolute Gasteiger partial charge is 0.508 e. The van der Waals surface area contributed by atoms with Gasteiger partial charge >= 0.3 is 0 Å². The number of nitrogens with two attached hydrogens (primary N) is 1. The molecule has 1 aromatic heterocycles. The number of nitrogens with one attached hydrogen (secondary N) is 1. The Hall–Kier alpha value is -5.69. The fourth-order valence-electron chi connectivity index (χ4n) is 7.51. The van der Waals surface area contributed by atoms with Crippen LogP contribution in [0.3, 0.4) is 0 Å². The second-order valence-electron chi connectivity index (χ2n) is 14.8. The van der Waals surface area contributed by atoms with E-state index in [4.69, 9.17) is 15.2 Å². The molecule has 1 aliphatic carbocycles. The Bertz CT molecular complexity index is 1890. The monoisotopic (exact) mass is 796 g/mol. The van der Waals surface area contributed by atoms with Gasteiger partial charge in [-0.3, -0.25) is 24.6 Å². The number of carbonyl (C=O) groups is 3. The fourth-order valence-corrected chi connectivity index (χ4v) is 7.51. The van der Waals surface area contributed by atoms with Gasteiger partial charge in [0.15, 0.2) is 0 Å². The number of hydrogen-bond acceptors (Lipinski definition) is 10. The summed E-state index contributed by atoms with van der Waals surface area (Å²) in [5.74, 6) is 1.09. The van der Waals surface area contributed by atoms with Crippen molar-refractivity contribution in [3.8, 4) is 17.4 Å². The van der Waals surface area contributed by atoms with E-state index in [0.717, 1.165) is 70.8 Å². The van der Waals surface area contributed by atoms with Crippen LogP contribution in [0.25, 0.3) is 0 Å². The van der Waals surface area contributed by atoms with Crippen molar-refractivity contribution in [1.29, 1.82) is 0 Å². The van der Waals surface area contributed by atoms with Gasteiger partial charge in [0.05, 0.1) is 25.6 Å². The molecular formula is C45H57FN6O6. The van der Waals surface area contributed by atoms with Crippen LogP contribution in [0.15, 0.2) is 84.9 Å². The SMILES string of the molecule is COc1ccc(F)c(N2CCC(CN3CCN(c4ccc(C(N)=O)nc4OC)CC3)CC2)c1.O=C1CCCC(=O)N1.Oc1ccc2c(c1)CCCC2.c1ccccc1. The van der Waals surface area contributed by atoms with E-state index in [0.29, 0.717) is 48.2 Å². The van der Waals surface area contributed by atoms with Crippen LogP contribution in [0, 0.1) is 11.7 Å². The van der Waals surface area contributed by atoms with E-state index in [1.165, 1.54) is 36.5 Å².